The van der Waals surface area contributed by atoms with Crippen LogP contribution in [0.5, 0.6) is 5.75 Å². The zero-order valence-corrected chi connectivity index (χ0v) is 25.0. The lowest BCUT2D eigenvalue weighted by atomic mass is 10.0. The predicted molar refractivity (Wildman–Crippen MR) is 153 cm³/mol. The molecule has 3 atom stereocenters. The van der Waals surface area contributed by atoms with Gasteiger partial charge in [0.2, 0.25) is 5.91 Å². The van der Waals surface area contributed by atoms with Crippen molar-refractivity contribution >= 4 is 23.8 Å². The van der Waals surface area contributed by atoms with Crippen LogP contribution in [0.2, 0.25) is 0 Å². The average Bonchev–Trinajstić information content (AvgIpc) is 2.95. The Bertz CT molecular complexity index is 1030. The Kier molecular flexibility index (Phi) is 15.6. The molecule has 1 fully saturated rings. The summed E-state index contributed by atoms with van der Waals surface area (Å²) < 4.78 is 32.7. The molecular formula is C30H44N2O10. The van der Waals surface area contributed by atoms with Crippen LogP contribution in [0.4, 0.5) is 0 Å². The van der Waals surface area contributed by atoms with E-state index in [1.165, 1.54) is 13.8 Å². The molecule has 1 aliphatic heterocycles. The highest BCUT2D eigenvalue weighted by atomic mass is 16.6. The molecule has 1 aromatic carbocycles. The SMILES string of the molecule is C=CCOC[C@H](COCCOc1c(C)cc(C(=O)NCC(COC(C)=O)OC(C)=O)cc1C)NC(=O)C1CCCOC1. The molecule has 0 bridgehead atoms. The molecular weight excluding hydrogens is 548 g/mol. The van der Waals surface area contributed by atoms with Crippen molar-refractivity contribution < 1.29 is 47.6 Å². The van der Waals surface area contributed by atoms with Gasteiger partial charge in [-0.25, -0.2) is 0 Å². The van der Waals surface area contributed by atoms with E-state index in [0.717, 1.165) is 24.0 Å². The van der Waals surface area contributed by atoms with E-state index in [4.69, 9.17) is 28.4 Å². The van der Waals surface area contributed by atoms with Crippen molar-refractivity contribution in [1.29, 1.82) is 0 Å². The van der Waals surface area contributed by atoms with Gasteiger partial charge in [-0.1, -0.05) is 6.08 Å². The van der Waals surface area contributed by atoms with Gasteiger partial charge in [0.15, 0.2) is 6.10 Å². The third kappa shape index (κ3) is 13.0. The van der Waals surface area contributed by atoms with Gasteiger partial charge in [0.1, 0.15) is 19.0 Å². The highest BCUT2D eigenvalue weighted by Crippen LogP contribution is 2.25. The van der Waals surface area contributed by atoms with E-state index in [1.54, 1.807) is 18.2 Å². The minimum Gasteiger partial charge on any atom is -0.491 e. The van der Waals surface area contributed by atoms with E-state index in [1.807, 2.05) is 13.8 Å². The van der Waals surface area contributed by atoms with Gasteiger partial charge in [-0.15, -0.1) is 6.58 Å². The number of nitrogens with one attached hydrogen (secondary N) is 2. The summed E-state index contributed by atoms with van der Waals surface area (Å²) in [5.41, 5.74) is 1.92. The number of ether oxygens (including phenoxy) is 6. The third-order valence-electron chi connectivity index (χ3n) is 6.24. The second kappa shape index (κ2) is 18.9. The number of hydrogen-bond acceptors (Lipinski definition) is 10. The molecule has 0 radical (unpaired) electrons. The highest BCUT2D eigenvalue weighted by Gasteiger charge is 2.24. The molecule has 1 aliphatic rings. The molecule has 0 saturated carbocycles. The van der Waals surface area contributed by atoms with Gasteiger partial charge in [0.05, 0.1) is 51.5 Å². The number of carbonyl (C=O) groups excluding carboxylic acids is 4. The lowest BCUT2D eigenvalue weighted by molar-refractivity contribution is -0.155. The second-order valence-electron chi connectivity index (χ2n) is 10.1. The molecule has 0 aromatic heterocycles. The molecule has 2 rings (SSSR count). The summed E-state index contributed by atoms with van der Waals surface area (Å²) >= 11 is 0. The quantitative estimate of drug-likeness (QED) is 0.147. The Morgan fingerprint density at radius 1 is 1.05 bits per heavy atom. The normalized spacial score (nSPS) is 16.0. The standard InChI is InChI=1S/C30H44N2O10/c1-6-9-37-17-26(32-30(36)24-8-7-10-38-16-24)18-39-11-12-40-28-20(2)13-25(14-21(28)3)29(35)31-15-27(42-23(5)34)19-41-22(4)33/h6,13-14,24,26-27H,1,7-12,15-19H2,2-5H3,(H,31,35)(H,32,36)/t24?,26-,27?/m1/s1. The number of rotatable bonds is 18. The summed E-state index contributed by atoms with van der Waals surface area (Å²) in [7, 11) is 0. The first-order valence-corrected chi connectivity index (χ1v) is 14.1. The van der Waals surface area contributed by atoms with E-state index < -0.39 is 18.0 Å². The zero-order valence-electron chi connectivity index (χ0n) is 25.0. The van der Waals surface area contributed by atoms with E-state index in [-0.39, 0.29) is 56.7 Å². The topological polar surface area (TPSA) is 148 Å². The van der Waals surface area contributed by atoms with E-state index in [9.17, 15) is 19.2 Å². The van der Waals surface area contributed by atoms with Gasteiger partial charge in [-0.2, -0.15) is 0 Å². The number of hydrogen-bond donors (Lipinski definition) is 2. The van der Waals surface area contributed by atoms with Crippen LogP contribution in [0.1, 0.15) is 48.2 Å². The highest BCUT2D eigenvalue weighted by molar-refractivity contribution is 5.95. The fourth-order valence-corrected chi connectivity index (χ4v) is 4.32. The van der Waals surface area contributed by atoms with Crippen molar-refractivity contribution in [2.24, 2.45) is 5.92 Å². The van der Waals surface area contributed by atoms with Gasteiger partial charge in [0, 0.05) is 26.0 Å². The Hall–Kier alpha value is -3.48. The van der Waals surface area contributed by atoms with Crippen molar-refractivity contribution in [3.05, 3.63) is 41.5 Å². The van der Waals surface area contributed by atoms with Gasteiger partial charge in [-0.3, -0.25) is 19.2 Å². The number of carbonyl (C=O) groups is 4. The third-order valence-corrected chi connectivity index (χ3v) is 6.24. The van der Waals surface area contributed by atoms with Crippen molar-refractivity contribution in [2.75, 3.05) is 59.4 Å². The van der Waals surface area contributed by atoms with Crippen LogP contribution in [0.3, 0.4) is 0 Å². The maximum absolute atomic E-state index is 12.8. The lowest BCUT2D eigenvalue weighted by Crippen LogP contribution is -2.46. The average molecular weight is 593 g/mol. The maximum Gasteiger partial charge on any atom is 0.303 e. The van der Waals surface area contributed by atoms with Crippen LogP contribution < -0.4 is 15.4 Å². The number of esters is 2. The van der Waals surface area contributed by atoms with Crippen LogP contribution >= 0.6 is 0 Å². The van der Waals surface area contributed by atoms with Crippen LogP contribution in [-0.4, -0.2) is 95.3 Å². The molecule has 2 N–H and O–H groups in total. The summed E-state index contributed by atoms with van der Waals surface area (Å²) in [5, 5.41) is 5.70. The van der Waals surface area contributed by atoms with Crippen LogP contribution in [-0.2, 0) is 38.1 Å². The molecule has 234 valence electrons. The molecule has 0 aliphatic carbocycles. The molecule has 12 heteroatoms. The molecule has 1 heterocycles. The largest absolute Gasteiger partial charge is 0.491 e. The van der Waals surface area contributed by atoms with Crippen LogP contribution in [0, 0.1) is 19.8 Å². The molecule has 1 aromatic rings. The predicted octanol–water partition coefficient (Wildman–Crippen LogP) is 2.04. The first kappa shape index (κ1) is 34.7. The molecule has 2 unspecified atom stereocenters. The van der Waals surface area contributed by atoms with Crippen molar-refractivity contribution in [3.63, 3.8) is 0 Å². The van der Waals surface area contributed by atoms with E-state index >= 15 is 0 Å². The van der Waals surface area contributed by atoms with Gasteiger partial charge < -0.3 is 39.1 Å². The Labute approximate surface area is 247 Å². The summed E-state index contributed by atoms with van der Waals surface area (Å²) in [6, 6.07) is 3.07. The molecule has 1 saturated heterocycles. The first-order valence-electron chi connectivity index (χ1n) is 14.1. The lowest BCUT2D eigenvalue weighted by Gasteiger charge is -2.25. The minimum absolute atomic E-state index is 0.0199. The van der Waals surface area contributed by atoms with Crippen molar-refractivity contribution in [1.82, 2.24) is 10.6 Å². The Balaban J connectivity index is 1.85. The summed E-state index contributed by atoms with van der Waals surface area (Å²) in [4.78, 5) is 47.8. The Morgan fingerprint density at radius 3 is 2.38 bits per heavy atom. The van der Waals surface area contributed by atoms with Crippen LogP contribution in [0.25, 0.3) is 0 Å². The molecule has 2 amide bonds. The summed E-state index contributed by atoms with van der Waals surface area (Å²) in [6.07, 6.45) is 2.50. The number of benzene rings is 1. The van der Waals surface area contributed by atoms with Gasteiger partial charge in [0.25, 0.3) is 5.91 Å². The van der Waals surface area contributed by atoms with Crippen LogP contribution in [0.15, 0.2) is 24.8 Å². The fraction of sp³-hybridized carbons (Fsp3) is 0.600. The molecule has 42 heavy (non-hydrogen) atoms. The molecule has 12 nitrogen and oxygen atoms in total. The minimum atomic E-state index is -0.803. The van der Waals surface area contributed by atoms with Gasteiger partial charge >= 0.3 is 11.9 Å². The zero-order chi connectivity index (χ0) is 30.9. The van der Waals surface area contributed by atoms with E-state index in [2.05, 4.69) is 17.2 Å². The Morgan fingerprint density at radius 2 is 1.76 bits per heavy atom. The number of aryl methyl sites for hydroxylation is 2. The fourth-order valence-electron chi connectivity index (χ4n) is 4.32. The summed E-state index contributed by atoms with van der Waals surface area (Å²) in [6.45, 7) is 12.2. The first-order chi connectivity index (χ1) is 20.1. The summed E-state index contributed by atoms with van der Waals surface area (Å²) in [5.74, 6) is -1.03. The van der Waals surface area contributed by atoms with Gasteiger partial charge in [-0.05, 0) is 49.9 Å². The van der Waals surface area contributed by atoms with Crippen molar-refractivity contribution in [2.45, 2.75) is 52.7 Å². The monoisotopic (exact) mass is 592 g/mol. The smallest absolute Gasteiger partial charge is 0.303 e. The maximum atomic E-state index is 12.8. The van der Waals surface area contributed by atoms with Crippen molar-refractivity contribution in [3.8, 4) is 5.75 Å². The van der Waals surface area contributed by atoms with E-state index in [0.29, 0.717) is 37.7 Å². The second-order valence-corrected chi connectivity index (χ2v) is 10.1. The molecule has 0 spiro atoms. The number of amides is 2.